The van der Waals surface area contributed by atoms with Crippen molar-refractivity contribution in [2.75, 3.05) is 19.6 Å². The zero-order valence-corrected chi connectivity index (χ0v) is 10.6. The van der Waals surface area contributed by atoms with Crippen molar-refractivity contribution in [3.8, 4) is 0 Å². The SMILES string of the molecule is CCC(CC)N1CCN(C(=O)O)CC1C(F)(F)F. The van der Waals surface area contributed by atoms with E-state index in [0.717, 1.165) is 4.90 Å². The van der Waals surface area contributed by atoms with E-state index >= 15 is 0 Å². The maximum atomic E-state index is 13.0. The summed E-state index contributed by atoms with van der Waals surface area (Å²) in [6.45, 7) is 3.49. The largest absolute Gasteiger partial charge is 0.465 e. The fourth-order valence-electron chi connectivity index (χ4n) is 2.46. The maximum Gasteiger partial charge on any atom is 0.407 e. The smallest absolute Gasteiger partial charge is 0.407 e. The number of nitrogens with zero attached hydrogens (tertiary/aromatic N) is 2. The van der Waals surface area contributed by atoms with E-state index in [1.165, 1.54) is 4.90 Å². The zero-order chi connectivity index (χ0) is 13.9. The van der Waals surface area contributed by atoms with Crippen molar-refractivity contribution in [3.05, 3.63) is 0 Å². The summed E-state index contributed by atoms with van der Waals surface area (Å²) in [5, 5.41) is 8.80. The van der Waals surface area contributed by atoms with Gasteiger partial charge in [-0.3, -0.25) is 4.90 Å². The second-order valence-corrected chi connectivity index (χ2v) is 4.49. The Hall–Kier alpha value is -0.980. The van der Waals surface area contributed by atoms with Crippen LogP contribution in [0.15, 0.2) is 0 Å². The maximum absolute atomic E-state index is 13.0. The molecule has 0 radical (unpaired) electrons. The number of alkyl halides is 3. The van der Waals surface area contributed by atoms with E-state index in [2.05, 4.69) is 0 Å². The van der Waals surface area contributed by atoms with Crippen molar-refractivity contribution in [1.29, 1.82) is 0 Å². The molecule has 0 saturated carbocycles. The molecule has 18 heavy (non-hydrogen) atoms. The minimum Gasteiger partial charge on any atom is -0.465 e. The van der Waals surface area contributed by atoms with Gasteiger partial charge in [-0.2, -0.15) is 13.2 Å². The van der Waals surface area contributed by atoms with Crippen LogP contribution in [0.2, 0.25) is 0 Å². The van der Waals surface area contributed by atoms with Gasteiger partial charge in [0.25, 0.3) is 0 Å². The summed E-state index contributed by atoms with van der Waals surface area (Å²) in [6.07, 6.45) is -4.41. The number of hydrogen-bond donors (Lipinski definition) is 1. The molecule has 1 rings (SSSR count). The molecular formula is C11H19F3N2O2. The molecule has 1 N–H and O–H groups in total. The Morgan fingerprint density at radius 1 is 1.33 bits per heavy atom. The number of amides is 1. The summed E-state index contributed by atoms with van der Waals surface area (Å²) in [7, 11) is 0. The zero-order valence-electron chi connectivity index (χ0n) is 10.6. The van der Waals surface area contributed by atoms with Gasteiger partial charge in [0.2, 0.25) is 0 Å². The first-order chi connectivity index (χ1) is 8.31. The van der Waals surface area contributed by atoms with Crippen molar-refractivity contribution < 1.29 is 23.1 Å². The molecule has 0 bridgehead atoms. The predicted molar refractivity (Wildman–Crippen MR) is 60.5 cm³/mol. The van der Waals surface area contributed by atoms with E-state index in [4.69, 9.17) is 5.11 Å². The summed E-state index contributed by atoms with van der Waals surface area (Å²) in [5.74, 6) is 0. The van der Waals surface area contributed by atoms with Crippen LogP contribution in [0.5, 0.6) is 0 Å². The van der Waals surface area contributed by atoms with Gasteiger partial charge in [-0.15, -0.1) is 0 Å². The minimum absolute atomic E-state index is 0.137. The van der Waals surface area contributed by atoms with E-state index in [-0.39, 0.29) is 19.1 Å². The van der Waals surface area contributed by atoms with Crippen molar-refractivity contribution >= 4 is 6.09 Å². The molecule has 1 amide bonds. The third kappa shape index (κ3) is 3.28. The molecule has 1 unspecified atom stereocenters. The monoisotopic (exact) mass is 268 g/mol. The molecule has 0 aromatic carbocycles. The average molecular weight is 268 g/mol. The lowest BCUT2D eigenvalue weighted by atomic mass is 10.0. The quantitative estimate of drug-likeness (QED) is 0.854. The third-order valence-electron chi connectivity index (χ3n) is 3.48. The first-order valence-electron chi connectivity index (χ1n) is 6.11. The van der Waals surface area contributed by atoms with Gasteiger partial charge >= 0.3 is 12.3 Å². The molecule has 0 spiro atoms. The normalized spacial score (nSPS) is 22.6. The molecule has 1 fully saturated rings. The average Bonchev–Trinajstić information content (AvgIpc) is 2.29. The number of carboxylic acid groups (broad SMARTS) is 1. The highest BCUT2D eigenvalue weighted by molar-refractivity contribution is 5.65. The number of hydrogen-bond acceptors (Lipinski definition) is 2. The van der Waals surface area contributed by atoms with Gasteiger partial charge in [0.05, 0.1) is 0 Å². The molecule has 1 atom stereocenters. The lowest BCUT2D eigenvalue weighted by molar-refractivity contribution is -0.201. The topological polar surface area (TPSA) is 43.8 Å². The molecule has 7 heteroatoms. The molecule has 1 heterocycles. The van der Waals surface area contributed by atoms with Crippen LogP contribution in [0.3, 0.4) is 0 Å². The Balaban J connectivity index is 2.87. The summed E-state index contributed by atoms with van der Waals surface area (Å²) >= 11 is 0. The van der Waals surface area contributed by atoms with Gasteiger partial charge in [-0.05, 0) is 12.8 Å². The van der Waals surface area contributed by atoms with E-state index < -0.39 is 24.9 Å². The Morgan fingerprint density at radius 3 is 2.28 bits per heavy atom. The predicted octanol–water partition coefficient (Wildman–Crippen LogP) is 2.40. The Bertz CT molecular complexity index is 293. The Labute approximate surface area is 104 Å². The third-order valence-corrected chi connectivity index (χ3v) is 3.48. The van der Waals surface area contributed by atoms with Crippen molar-refractivity contribution in [2.24, 2.45) is 0 Å². The van der Waals surface area contributed by atoms with E-state index in [9.17, 15) is 18.0 Å². The lowest BCUT2D eigenvalue weighted by Crippen LogP contribution is -2.62. The Kier molecular flexibility index (Phi) is 4.84. The van der Waals surface area contributed by atoms with E-state index in [0.29, 0.717) is 12.8 Å². The number of halogens is 3. The second kappa shape index (κ2) is 5.77. The number of rotatable bonds is 3. The highest BCUT2D eigenvalue weighted by Gasteiger charge is 2.48. The molecule has 0 aromatic rings. The first-order valence-corrected chi connectivity index (χ1v) is 6.11. The molecular weight excluding hydrogens is 249 g/mol. The van der Waals surface area contributed by atoms with Gasteiger partial charge in [0.15, 0.2) is 0 Å². The first kappa shape index (κ1) is 15.1. The molecule has 0 aliphatic carbocycles. The van der Waals surface area contributed by atoms with Crippen LogP contribution >= 0.6 is 0 Å². The van der Waals surface area contributed by atoms with Crippen LogP contribution in [0, 0.1) is 0 Å². The van der Waals surface area contributed by atoms with E-state index in [1.807, 2.05) is 13.8 Å². The molecule has 106 valence electrons. The fourth-order valence-corrected chi connectivity index (χ4v) is 2.46. The molecule has 1 aliphatic heterocycles. The molecule has 1 saturated heterocycles. The van der Waals surface area contributed by atoms with Gasteiger partial charge in [-0.25, -0.2) is 4.79 Å². The molecule has 0 aromatic heterocycles. The fraction of sp³-hybridized carbons (Fsp3) is 0.909. The number of piperazine rings is 1. The van der Waals surface area contributed by atoms with Crippen LogP contribution in [0.25, 0.3) is 0 Å². The summed E-state index contributed by atoms with van der Waals surface area (Å²) in [5.41, 5.74) is 0. The molecule has 4 nitrogen and oxygen atoms in total. The summed E-state index contributed by atoms with van der Waals surface area (Å²) in [4.78, 5) is 13.0. The van der Waals surface area contributed by atoms with Crippen LogP contribution in [0.4, 0.5) is 18.0 Å². The molecule has 1 aliphatic rings. The van der Waals surface area contributed by atoms with Gasteiger partial charge in [0, 0.05) is 25.7 Å². The van der Waals surface area contributed by atoms with Gasteiger partial charge in [-0.1, -0.05) is 13.8 Å². The lowest BCUT2D eigenvalue weighted by Gasteiger charge is -2.44. The minimum atomic E-state index is -4.39. The summed E-state index contributed by atoms with van der Waals surface area (Å²) in [6, 6.07) is -1.83. The standard InChI is InChI=1S/C11H19F3N2O2/c1-3-8(4-2)16-6-5-15(10(17)18)7-9(16)11(12,13)14/h8-9H,3-7H2,1-2H3,(H,17,18). The summed E-state index contributed by atoms with van der Waals surface area (Å²) < 4.78 is 39.0. The van der Waals surface area contributed by atoms with Crippen molar-refractivity contribution in [3.63, 3.8) is 0 Å². The van der Waals surface area contributed by atoms with E-state index in [1.54, 1.807) is 0 Å². The van der Waals surface area contributed by atoms with Crippen LogP contribution in [-0.2, 0) is 0 Å². The van der Waals surface area contributed by atoms with Crippen LogP contribution in [-0.4, -0.2) is 58.9 Å². The van der Waals surface area contributed by atoms with Crippen molar-refractivity contribution in [2.45, 2.75) is 44.9 Å². The van der Waals surface area contributed by atoms with Crippen LogP contribution < -0.4 is 0 Å². The highest BCUT2D eigenvalue weighted by atomic mass is 19.4. The number of carbonyl (C=O) groups is 1. The highest BCUT2D eigenvalue weighted by Crippen LogP contribution is 2.30. The second-order valence-electron chi connectivity index (χ2n) is 4.49. The van der Waals surface area contributed by atoms with Gasteiger partial charge in [0.1, 0.15) is 6.04 Å². The van der Waals surface area contributed by atoms with Crippen LogP contribution in [0.1, 0.15) is 26.7 Å². The van der Waals surface area contributed by atoms with Crippen molar-refractivity contribution in [1.82, 2.24) is 9.80 Å². The Morgan fingerprint density at radius 2 is 1.89 bits per heavy atom. The van der Waals surface area contributed by atoms with Gasteiger partial charge < -0.3 is 10.0 Å².